The Labute approximate surface area is 117 Å². The van der Waals surface area contributed by atoms with Crippen LogP contribution in [0.15, 0.2) is 52.0 Å². The third kappa shape index (κ3) is 2.79. The van der Waals surface area contributed by atoms with Gasteiger partial charge in [0.25, 0.3) is 0 Å². The molecule has 1 N–H and O–H groups in total. The maximum Gasteiger partial charge on any atom is 0.243 e. The van der Waals surface area contributed by atoms with Crippen molar-refractivity contribution in [3.05, 3.63) is 59.5 Å². The first-order chi connectivity index (χ1) is 9.74. The Morgan fingerprint density at radius 3 is 2.80 bits per heavy atom. The molecule has 4 nitrogen and oxygen atoms in total. The van der Waals surface area contributed by atoms with Gasteiger partial charge in [-0.15, -0.1) is 0 Å². The molecule has 1 heterocycles. The summed E-state index contributed by atoms with van der Waals surface area (Å²) in [5.41, 5.74) is 3.79. The van der Waals surface area contributed by atoms with Crippen LogP contribution in [0.4, 0.5) is 0 Å². The minimum Gasteiger partial charge on any atom is -0.460 e. The maximum absolute atomic E-state index is 11.9. The standard InChI is InChI=1S/C16H16N2O2/c1-11-7-8-13(20-11)10-17-18-16(19)15-9-14(15)12-5-3-2-4-6-12/h2-8,10,14-15H,9H2,1H3,(H,18,19). The van der Waals surface area contributed by atoms with Crippen molar-refractivity contribution in [3.8, 4) is 0 Å². The number of aryl methyl sites for hydroxylation is 1. The molecule has 2 unspecified atom stereocenters. The highest BCUT2D eigenvalue weighted by molar-refractivity contribution is 5.84. The van der Waals surface area contributed by atoms with E-state index < -0.39 is 0 Å². The largest absolute Gasteiger partial charge is 0.460 e. The molecule has 1 aromatic carbocycles. The first-order valence-corrected chi connectivity index (χ1v) is 6.68. The highest BCUT2D eigenvalue weighted by Gasteiger charge is 2.43. The number of carbonyl (C=O) groups is 1. The van der Waals surface area contributed by atoms with E-state index in [9.17, 15) is 4.79 Å². The summed E-state index contributed by atoms with van der Waals surface area (Å²) in [6.07, 6.45) is 2.41. The second-order valence-electron chi connectivity index (χ2n) is 5.04. The van der Waals surface area contributed by atoms with Crippen LogP contribution in [-0.2, 0) is 4.79 Å². The number of rotatable bonds is 4. The highest BCUT2D eigenvalue weighted by atomic mass is 16.3. The zero-order valence-electron chi connectivity index (χ0n) is 11.2. The molecule has 1 fully saturated rings. The molecule has 1 aliphatic carbocycles. The van der Waals surface area contributed by atoms with Crippen LogP contribution in [-0.4, -0.2) is 12.1 Å². The summed E-state index contributed by atoms with van der Waals surface area (Å²) in [4.78, 5) is 11.9. The first-order valence-electron chi connectivity index (χ1n) is 6.68. The van der Waals surface area contributed by atoms with Crippen LogP contribution in [0.25, 0.3) is 0 Å². The SMILES string of the molecule is Cc1ccc(C=NNC(=O)C2CC2c2ccccc2)o1. The van der Waals surface area contributed by atoms with Crippen LogP contribution in [0.3, 0.4) is 0 Å². The van der Waals surface area contributed by atoms with Crippen molar-refractivity contribution in [1.29, 1.82) is 0 Å². The lowest BCUT2D eigenvalue weighted by Crippen LogP contribution is -2.20. The van der Waals surface area contributed by atoms with E-state index in [0.717, 1.165) is 12.2 Å². The number of carbonyl (C=O) groups excluding carboxylic acids is 1. The number of nitrogens with one attached hydrogen (secondary N) is 1. The van der Waals surface area contributed by atoms with Gasteiger partial charge in [0, 0.05) is 5.92 Å². The number of amides is 1. The van der Waals surface area contributed by atoms with Gasteiger partial charge in [0.1, 0.15) is 11.5 Å². The van der Waals surface area contributed by atoms with Gasteiger partial charge in [0.15, 0.2) is 0 Å². The summed E-state index contributed by atoms with van der Waals surface area (Å²) in [5, 5.41) is 3.93. The van der Waals surface area contributed by atoms with Gasteiger partial charge in [-0.25, -0.2) is 5.43 Å². The normalized spacial score (nSPS) is 21.1. The van der Waals surface area contributed by atoms with Gasteiger partial charge < -0.3 is 4.42 Å². The molecule has 20 heavy (non-hydrogen) atoms. The Balaban J connectivity index is 1.53. The Hall–Kier alpha value is -2.36. The molecular formula is C16H16N2O2. The summed E-state index contributed by atoms with van der Waals surface area (Å²) in [6.45, 7) is 1.87. The molecule has 1 amide bonds. The van der Waals surface area contributed by atoms with Crippen LogP contribution in [0, 0.1) is 12.8 Å². The Morgan fingerprint density at radius 1 is 1.30 bits per heavy atom. The first kappa shape index (κ1) is 12.7. The summed E-state index contributed by atoms with van der Waals surface area (Å²) >= 11 is 0. The van der Waals surface area contributed by atoms with E-state index in [1.807, 2.05) is 37.3 Å². The van der Waals surface area contributed by atoms with Gasteiger partial charge >= 0.3 is 0 Å². The molecule has 0 radical (unpaired) electrons. The van der Waals surface area contributed by atoms with Crippen LogP contribution in [0.5, 0.6) is 0 Å². The van der Waals surface area contributed by atoms with Crippen LogP contribution >= 0.6 is 0 Å². The molecule has 2 aromatic rings. The van der Waals surface area contributed by atoms with E-state index in [0.29, 0.717) is 11.7 Å². The predicted octanol–water partition coefficient (Wildman–Crippen LogP) is 2.84. The fourth-order valence-electron chi connectivity index (χ4n) is 2.32. The van der Waals surface area contributed by atoms with E-state index in [4.69, 9.17) is 4.42 Å². The molecule has 0 bridgehead atoms. The van der Waals surface area contributed by atoms with E-state index in [-0.39, 0.29) is 11.8 Å². The number of hydrogen-bond acceptors (Lipinski definition) is 3. The molecule has 4 heteroatoms. The van der Waals surface area contributed by atoms with Crippen molar-refractivity contribution in [2.24, 2.45) is 11.0 Å². The predicted molar refractivity (Wildman–Crippen MR) is 76.5 cm³/mol. The lowest BCUT2D eigenvalue weighted by atomic mass is 10.1. The molecule has 3 rings (SSSR count). The van der Waals surface area contributed by atoms with E-state index in [2.05, 4.69) is 22.7 Å². The van der Waals surface area contributed by atoms with Crippen LogP contribution in [0.2, 0.25) is 0 Å². The molecule has 2 atom stereocenters. The van der Waals surface area contributed by atoms with Crippen molar-refractivity contribution in [3.63, 3.8) is 0 Å². The molecular weight excluding hydrogens is 252 g/mol. The molecule has 1 saturated carbocycles. The third-order valence-electron chi connectivity index (χ3n) is 3.48. The Kier molecular flexibility index (Phi) is 3.37. The van der Waals surface area contributed by atoms with Crippen LogP contribution < -0.4 is 5.43 Å². The van der Waals surface area contributed by atoms with Gasteiger partial charge in [0.05, 0.1) is 6.21 Å². The average molecular weight is 268 g/mol. The van der Waals surface area contributed by atoms with Crippen LogP contribution in [0.1, 0.15) is 29.4 Å². The smallest absolute Gasteiger partial charge is 0.243 e. The average Bonchev–Trinajstić information content (AvgIpc) is 3.17. The zero-order chi connectivity index (χ0) is 13.9. The van der Waals surface area contributed by atoms with Crippen molar-refractivity contribution >= 4 is 12.1 Å². The number of hydrogen-bond donors (Lipinski definition) is 1. The van der Waals surface area contributed by atoms with E-state index >= 15 is 0 Å². The Morgan fingerprint density at radius 2 is 2.10 bits per heavy atom. The molecule has 1 aromatic heterocycles. The molecule has 1 aliphatic rings. The summed E-state index contributed by atoms with van der Waals surface area (Å²) in [5.74, 6) is 1.80. The topological polar surface area (TPSA) is 54.6 Å². The third-order valence-corrected chi connectivity index (χ3v) is 3.48. The summed E-state index contributed by atoms with van der Waals surface area (Å²) < 4.78 is 5.33. The van der Waals surface area contributed by atoms with Gasteiger partial charge in [0.2, 0.25) is 5.91 Å². The summed E-state index contributed by atoms with van der Waals surface area (Å²) in [6, 6.07) is 13.8. The molecule has 0 saturated heterocycles. The highest BCUT2D eigenvalue weighted by Crippen LogP contribution is 2.47. The van der Waals surface area contributed by atoms with Crippen molar-refractivity contribution in [1.82, 2.24) is 5.43 Å². The minimum atomic E-state index is -0.0293. The van der Waals surface area contributed by atoms with Crippen molar-refractivity contribution < 1.29 is 9.21 Å². The van der Waals surface area contributed by atoms with Crippen molar-refractivity contribution in [2.45, 2.75) is 19.3 Å². The quantitative estimate of drug-likeness (QED) is 0.684. The summed E-state index contributed by atoms with van der Waals surface area (Å²) in [7, 11) is 0. The van der Waals surface area contributed by atoms with Gasteiger partial charge in [-0.2, -0.15) is 5.10 Å². The second-order valence-corrected chi connectivity index (χ2v) is 5.04. The minimum absolute atomic E-state index is 0.0293. The number of furan rings is 1. The van der Waals surface area contributed by atoms with Gasteiger partial charge in [-0.3, -0.25) is 4.79 Å². The van der Waals surface area contributed by atoms with Gasteiger partial charge in [-0.1, -0.05) is 30.3 Å². The molecule has 0 spiro atoms. The number of nitrogens with zero attached hydrogens (tertiary/aromatic N) is 1. The lowest BCUT2D eigenvalue weighted by Gasteiger charge is -1.99. The fraction of sp³-hybridized carbons (Fsp3) is 0.250. The lowest BCUT2D eigenvalue weighted by molar-refractivity contribution is -0.122. The maximum atomic E-state index is 11.9. The monoisotopic (exact) mass is 268 g/mol. The molecule has 102 valence electrons. The van der Waals surface area contributed by atoms with E-state index in [1.54, 1.807) is 0 Å². The zero-order valence-corrected chi connectivity index (χ0v) is 11.2. The number of benzene rings is 1. The molecule has 0 aliphatic heterocycles. The van der Waals surface area contributed by atoms with Gasteiger partial charge in [-0.05, 0) is 37.0 Å². The number of hydrazone groups is 1. The Bertz CT molecular complexity index is 631. The van der Waals surface area contributed by atoms with Crippen molar-refractivity contribution in [2.75, 3.05) is 0 Å². The van der Waals surface area contributed by atoms with E-state index in [1.165, 1.54) is 11.8 Å². The fourth-order valence-corrected chi connectivity index (χ4v) is 2.32. The second kappa shape index (κ2) is 5.33.